The lowest BCUT2D eigenvalue weighted by Gasteiger charge is -2.36. The highest BCUT2D eigenvalue weighted by molar-refractivity contribution is 7.65. The van der Waals surface area contributed by atoms with E-state index in [1.807, 2.05) is 13.8 Å². The Kier molecular flexibility index (Phi) is 25.8. The molecule has 0 fully saturated rings. The van der Waals surface area contributed by atoms with Gasteiger partial charge in [-0.1, -0.05) is 139 Å². The monoisotopic (exact) mass is 666 g/mol. The fraction of sp³-hybridized carbons (Fsp3) is 0.838. The van der Waals surface area contributed by atoms with Crippen molar-refractivity contribution >= 4 is 26.3 Å². The van der Waals surface area contributed by atoms with Gasteiger partial charge in [0.2, 0.25) is 29.1 Å². The first-order valence-corrected chi connectivity index (χ1v) is 23.8. The van der Waals surface area contributed by atoms with Crippen LogP contribution in [0, 0.1) is 40.9 Å². The van der Waals surface area contributed by atoms with Crippen molar-refractivity contribution in [3.05, 3.63) is 29.1 Å². The summed E-state index contributed by atoms with van der Waals surface area (Å²) < 4.78 is 69.3. The fourth-order valence-corrected chi connectivity index (χ4v) is 17.2. The lowest BCUT2D eigenvalue weighted by molar-refractivity contribution is 0.383. The number of hydrogen-bond acceptors (Lipinski definition) is 0. The van der Waals surface area contributed by atoms with E-state index >= 15 is 0 Å². The fourth-order valence-electron chi connectivity index (χ4n) is 7.05. The molecule has 0 amide bonds. The standard InChI is InChI=1S/C21H32F5P.4C4H9.Al/c1-5-8-12-27(13-14(4)10-11-15(7-3)9-6-2)21-19(25)17(23)16(22)18(24)20(21)26;4*1-3-4-2;/h14-15H,5-13H2,1-4H3;4*1,3-4H2,2H3;/q;;;;;-1/p+1. The smallest absolute Gasteiger partial charge is 0.200 e. The van der Waals surface area contributed by atoms with Crippen molar-refractivity contribution in [3.8, 4) is 0 Å². The first kappa shape index (κ1) is 43.8. The molecule has 0 heterocycles. The van der Waals surface area contributed by atoms with Crippen LogP contribution in [0.4, 0.5) is 22.0 Å². The summed E-state index contributed by atoms with van der Waals surface area (Å²) in [5.74, 6) is -8.10. The van der Waals surface area contributed by atoms with E-state index in [2.05, 4.69) is 41.5 Å². The lowest BCUT2D eigenvalue weighted by Crippen LogP contribution is -2.33. The molecule has 0 aromatic heterocycles. The molecule has 0 saturated heterocycles. The quantitative estimate of drug-likeness (QED) is 0.0339. The average molecular weight is 667 g/mol. The van der Waals surface area contributed by atoms with E-state index in [0.29, 0.717) is 18.2 Å². The summed E-state index contributed by atoms with van der Waals surface area (Å²) >= 11 is -1.20. The Hall–Kier alpha value is -0.168. The molecule has 1 aromatic carbocycles. The molecule has 0 nitrogen and oxygen atoms in total. The van der Waals surface area contributed by atoms with Gasteiger partial charge in [0, 0.05) is 7.92 Å². The summed E-state index contributed by atoms with van der Waals surface area (Å²) in [6.45, 7) is 17.8. The maximum Gasteiger partial charge on any atom is 0.206 e. The van der Waals surface area contributed by atoms with Crippen LogP contribution in [0.5, 0.6) is 0 Å². The van der Waals surface area contributed by atoms with Gasteiger partial charge in [0.15, 0.2) is 5.30 Å². The van der Waals surface area contributed by atoms with Crippen molar-refractivity contribution < 1.29 is 22.0 Å². The van der Waals surface area contributed by atoms with Crippen LogP contribution in [0.15, 0.2) is 0 Å². The molecule has 0 aliphatic carbocycles. The Morgan fingerprint density at radius 2 is 0.932 bits per heavy atom. The minimum absolute atomic E-state index is 0.205. The maximum absolute atomic E-state index is 14.3. The Balaban J connectivity index is 0.000000938. The van der Waals surface area contributed by atoms with Crippen molar-refractivity contribution in [2.45, 2.75) is 173 Å². The van der Waals surface area contributed by atoms with E-state index in [4.69, 9.17) is 0 Å². The topological polar surface area (TPSA) is 0 Å². The van der Waals surface area contributed by atoms with Crippen molar-refractivity contribution in [1.29, 1.82) is 0 Å². The molecule has 0 bridgehead atoms. The van der Waals surface area contributed by atoms with Crippen molar-refractivity contribution in [2.24, 2.45) is 11.8 Å². The molecule has 0 radical (unpaired) electrons. The molecule has 1 aromatic rings. The zero-order valence-electron chi connectivity index (χ0n) is 30.0. The third kappa shape index (κ3) is 16.1. The van der Waals surface area contributed by atoms with Crippen molar-refractivity contribution in [1.82, 2.24) is 0 Å². The second kappa shape index (κ2) is 25.9. The first-order chi connectivity index (χ1) is 21.0. The van der Waals surface area contributed by atoms with Gasteiger partial charge in [-0.05, 0) is 24.7 Å². The molecular formula is C37H69AlF5P. The van der Waals surface area contributed by atoms with E-state index < -0.39 is 55.4 Å². The van der Waals surface area contributed by atoms with Gasteiger partial charge in [0.25, 0.3) is 0 Å². The molecule has 3 unspecified atom stereocenters. The zero-order chi connectivity index (χ0) is 33.5. The number of rotatable bonds is 24. The van der Waals surface area contributed by atoms with Gasteiger partial charge in [-0.25, -0.2) is 13.2 Å². The molecule has 0 spiro atoms. The van der Waals surface area contributed by atoms with Gasteiger partial charge < -0.3 is 0 Å². The first-order valence-electron chi connectivity index (χ1n) is 18.6. The van der Waals surface area contributed by atoms with Crippen molar-refractivity contribution in [2.75, 3.05) is 12.3 Å². The van der Waals surface area contributed by atoms with Crippen LogP contribution in [0.25, 0.3) is 0 Å². The van der Waals surface area contributed by atoms with Crippen LogP contribution in [-0.4, -0.2) is 25.4 Å². The van der Waals surface area contributed by atoms with E-state index in [0.717, 1.165) is 44.9 Å². The Bertz CT molecular complexity index is 798. The van der Waals surface area contributed by atoms with Gasteiger partial charge >= 0.3 is 0 Å². The molecule has 7 heteroatoms. The minimum Gasteiger partial charge on any atom is -0.200 e. The van der Waals surface area contributed by atoms with Gasteiger partial charge in [-0.2, -0.15) is 29.9 Å². The summed E-state index contributed by atoms with van der Waals surface area (Å²) in [7, 11) is -1.87. The molecule has 0 aliphatic heterocycles. The Morgan fingerprint density at radius 3 is 1.30 bits per heavy atom. The van der Waals surface area contributed by atoms with E-state index in [1.54, 1.807) is 21.1 Å². The summed E-state index contributed by atoms with van der Waals surface area (Å²) in [6, 6.07) is 0. The second-order valence-electron chi connectivity index (χ2n) is 13.9. The van der Waals surface area contributed by atoms with Gasteiger partial charge in [0.05, 0.1) is 12.3 Å². The van der Waals surface area contributed by atoms with Gasteiger partial charge in [0.1, 0.15) is 13.1 Å². The Morgan fingerprint density at radius 1 is 0.523 bits per heavy atom. The predicted molar refractivity (Wildman–Crippen MR) is 191 cm³/mol. The minimum atomic E-state index is -2.07. The summed E-state index contributed by atoms with van der Waals surface area (Å²) in [6.07, 6.45) is 19.7. The maximum atomic E-state index is 14.3. The Labute approximate surface area is 273 Å². The number of halogens is 5. The summed E-state index contributed by atoms with van der Waals surface area (Å²) in [5, 5.41) is 6.09. The van der Waals surface area contributed by atoms with Crippen molar-refractivity contribution in [3.63, 3.8) is 0 Å². The van der Waals surface area contributed by atoms with Crippen LogP contribution in [0.1, 0.15) is 152 Å². The molecule has 0 N–H and O–H groups in total. The molecule has 0 aliphatic rings. The van der Waals surface area contributed by atoms with Gasteiger partial charge in [-0.15, -0.1) is 0 Å². The molecular weight excluding hydrogens is 597 g/mol. The largest absolute Gasteiger partial charge is 0.206 e. The normalized spacial score (nSPS) is 13.8. The zero-order valence-corrected chi connectivity index (χ0v) is 32.1. The SMILES string of the molecule is CCCC[PH+](CC(C)CCC(CC)CCC)c1c(F)c(F)c(F)c(F)c1F.CCC[CH2][Al-]([CH2]CCC)([CH2]CCC)[CH2]CCC. The van der Waals surface area contributed by atoms with E-state index in [9.17, 15) is 22.0 Å². The molecule has 3 atom stereocenters. The van der Waals surface area contributed by atoms with Crippen LogP contribution < -0.4 is 5.30 Å². The van der Waals surface area contributed by atoms with Crippen LogP contribution in [0.2, 0.25) is 21.1 Å². The number of unbranched alkanes of at least 4 members (excludes halogenated alkanes) is 5. The average Bonchev–Trinajstić information content (AvgIpc) is 3.03. The molecule has 1 rings (SSSR count). The van der Waals surface area contributed by atoms with E-state index in [-0.39, 0.29) is 5.92 Å². The predicted octanol–water partition coefficient (Wildman–Crippen LogP) is 13.9. The molecule has 0 saturated carbocycles. The molecule has 44 heavy (non-hydrogen) atoms. The number of hydrogen-bond donors (Lipinski definition) is 0. The third-order valence-corrected chi connectivity index (χ3v) is 19.8. The highest BCUT2D eigenvalue weighted by Crippen LogP contribution is 2.42. The second-order valence-corrected chi connectivity index (χ2v) is 22.3. The van der Waals surface area contributed by atoms with Crippen LogP contribution >= 0.6 is 7.92 Å². The van der Waals surface area contributed by atoms with Gasteiger partial charge in [-0.3, -0.25) is 0 Å². The van der Waals surface area contributed by atoms with Crippen LogP contribution in [-0.2, 0) is 0 Å². The summed E-state index contributed by atoms with van der Waals surface area (Å²) in [5.41, 5.74) is 0. The lowest BCUT2D eigenvalue weighted by atomic mass is 9.92. The highest BCUT2D eigenvalue weighted by Gasteiger charge is 2.36. The third-order valence-electron chi connectivity index (χ3n) is 10.0. The highest BCUT2D eigenvalue weighted by atomic mass is 31.1. The number of benzene rings is 1. The van der Waals surface area contributed by atoms with Crippen LogP contribution in [0.3, 0.4) is 0 Å². The summed E-state index contributed by atoms with van der Waals surface area (Å²) in [4.78, 5) is 0. The molecule has 260 valence electrons. The van der Waals surface area contributed by atoms with E-state index in [1.165, 1.54) is 51.4 Å².